The van der Waals surface area contributed by atoms with Crippen LogP contribution < -0.4 is 21.7 Å². The molecule has 4 rings (SSSR count). The highest BCUT2D eigenvalue weighted by atomic mass is 19.4. The van der Waals surface area contributed by atoms with E-state index in [1.165, 1.54) is 13.0 Å². The number of carbonyl (C=O) groups excluding carboxylic acids is 2. The first-order chi connectivity index (χ1) is 19.2. The number of alkyl halides is 3. The van der Waals surface area contributed by atoms with Crippen molar-refractivity contribution in [3.63, 3.8) is 0 Å². The predicted octanol–water partition coefficient (Wildman–Crippen LogP) is 3.76. The van der Waals surface area contributed by atoms with Crippen LogP contribution in [0.4, 0.5) is 19.0 Å². The number of amides is 2. The summed E-state index contributed by atoms with van der Waals surface area (Å²) < 4.78 is 40.6. The number of likely N-dealkylation sites (tertiary alicyclic amines) is 1. The Morgan fingerprint density at radius 2 is 1.88 bits per heavy atom. The molecule has 1 aromatic heterocycles. The zero-order chi connectivity index (χ0) is 29.9. The smallest absolute Gasteiger partial charge is 0.358 e. The Bertz CT molecular complexity index is 1250. The first-order valence-electron chi connectivity index (χ1n) is 14.4. The van der Waals surface area contributed by atoms with Gasteiger partial charge in [-0.1, -0.05) is 0 Å². The molecule has 41 heavy (non-hydrogen) atoms. The lowest BCUT2D eigenvalue weighted by atomic mass is 9.84. The second-order valence-electron chi connectivity index (χ2n) is 12.3. The van der Waals surface area contributed by atoms with Gasteiger partial charge in [0.25, 0.3) is 0 Å². The Balaban J connectivity index is 1.57. The molecule has 9 nitrogen and oxygen atoms in total. The van der Waals surface area contributed by atoms with E-state index >= 15 is 0 Å². The van der Waals surface area contributed by atoms with Gasteiger partial charge in [-0.3, -0.25) is 9.59 Å². The van der Waals surface area contributed by atoms with Crippen molar-refractivity contribution in [2.45, 2.75) is 109 Å². The van der Waals surface area contributed by atoms with Crippen molar-refractivity contribution in [1.82, 2.24) is 25.5 Å². The summed E-state index contributed by atoms with van der Waals surface area (Å²) in [4.78, 5) is 36.6. The highest BCUT2D eigenvalue weighted by Crippen LogP contribution is 2.34. The molecule has 0 unspecified atom stereocenters. The van der Waals surface area contributed by atoms with Gasteiger partial charge in [-0.15, -0.1) is 0 Å². The van der Waals surface area contributed by atoms with E-state index in [2.05, 4.69) is 46.7 Å². The van der Waals surface area contributed by atoms with Gasteiger partial charge >= 0.3 is 6.18 Å². The van der Waals surface area contributed by atoms with Gasteiger partial charge in [0.15, 0.2) is 0 Å². The second-order valence-corrected chi connectivity index (χ2v) is 12.3. The summed E-state index contributed by atoms with van der Waals surface area (Å²) in [5.74, 6) is 0.426. The number of nitrogens with two attached hydrogens (primary N) is 1. The van der Waals surface area contributed by atoms with Crippen LogP contribution in [-0.2, 0) is 22.2 Å². The number of halogens is 3. The minimum Gasteiger partial charge on any atom is -0.358 e. The summed E-state index contributed by atoms with van der Waals surface area (Å²) in [5.41, 5.74) is 5.12. The number of anilines is 1. The minimum atomic E-state index is -4.52. The van der Waals surface area contributed by atoms with E-state index in [9.17, 15) is 22.8 Å². The van der Waals surface area contributed by atoms with Crippen molar-refractivity contribution < 1.29 is 22.8 Å². The van der Waals surface area contributed by atoms with Gasteiger partial charge in [0, 0.05) is 36.9 Å². The van der Waals surface area contributed by atoms with Crippen molar-refractivity contribution in [2.24, 2.45) is 5.73 Å². The first-order valence-corrected chi connectivity index (χ1v) is 14.4. The van der Waals surface area contributed by atoms with E-state index in [1.807, 2.05) is 4.90 Å². The lowest BCUT2D eigenvalue weighted by molar-refractivity contribution is -0.137. The monoisotopic (exact) mass is 577 g/mol. The number of fused-ring (bicyclic) bond motifs is 1. The molecular formula is C29H42F3N7O2. The number of hydrogen-bond donors (Lipinski definition) is 4. The zero-order valence-corrected chi connectivity index (χ0v) is 24.3. The van der Waals surface area contributed by atoms with Crippen LogP contribution in [0.25, 0.3) is 10.9 Å². The number of rotatable bonds is 9. The van der Waals surface area contributed by atoms with Crippen LogP contribution in [0.15, 0.2) is 18.2 Å². The normalized spacial score (nSPS) is 23.7. The molecule has 2 aliphatic rings. The van der Waals surface area contributed by atoms with E-state index in [1.54, 1.807) is 0 Å². The van der Waals surface area contributed by atoms with Crippen molar-refractivity contribution in [3.8, 4) is 0 Å². The van der Waals surface area contributed by atoms with E-state index in [-0.39, 0.29) is 46.7 Å². The fourth-order valence-electron chi connectivity index (χ4n) is 6.02. The van der Waals surface area contributed by atoms with Gasteiger partial charge in [0.05, 0.1) is 23.2 Å². The lowest BCUT2D eigenvalue weighted by Gasteiger charge is -2.43. The Labute approximate surface area is 239 Å². The van der Waals surface area contributed by atoms with E-state index < -0.39 is 17.8 Å². The quantitative estimate of drug-likeness (QED) is 0.335. The number of carbonyl (C=O) groups is 2. The van der Waals surface area contributed by atoms with Crippen LogP contribution >= 0.6 is 0 Å². The number of aromatic nitrogens is 2. The maximum Gasteiger partial charge on any atom is 0.416 e. The van der Waals surface area contributed by atoms with Gasteiger partial charge in [-0.2, -0.15) is 13.2 Å². The molecule has 5 N–H and O–H groups in total. The standard InChI is InChI=1S/C29H42F3N7O2/c1-17(40)34-23-16-19(38-28(2,3)4)9-11-24(23)39-14-12-22(27(39)41)36-26-20-15-18(29(30,31)32)8-10-21(20)35-25(37-26)7-5-6-13-33/h8,10,15,19,22-24,38H,5-7,9,11-14,16,33H2,1-4H3,(H,34,40)(H,35,36,37)/t19-,22+,23-,24+/m1/s1. The number of hydrogen-bond acceptors (Lipinski definition) is 7. The summed E-state index contributed by atoms with van der Waals surface area (Å²) in [7, 11) is 0. The Morgan fingerprint density at radius 3 is 2.54 bits per heavy atom. The fourth-order valence-corrected chi connectivity index (χ4v) is 6.02. The van der Waals surface area contributed by atoms with Crippen molar-refractivity contribution in [2.75, 3.05) is 18.4 Å². The Hall–Kier alpha value is -2.99. The molecule has 226 valence electrons. The molecule has 1 saturated heterocycles. The number of nitrogens with one attached hydrogen (secondary N) is 3. The number of unbranched alkanes of at least 4 members (excludes halogenated alkanes) is 1. The Kier molecular flexibility index (Phi) is 9.42. The van der Waals surface area contributed by atoms with E-state index in [4.69, 9.17) is 5.73 Å². The molecule has 1 saturated carbocycles. The van der Waals surface area contributed by atoms with Crippen LogP contribution in [-0.4, -0.2) is 69.5 Å². The molecule has 1 aliphatic heterocycles. The van der Waals surface area contributed by atoms with Gasteiger partial charge in [0.2, 0.25) is 11.8 Å². The zero-order valence-electron chi connectivity index (χ0n) is 24.3. The molecular weight excluding hydrogens is 535 g/mol. The van der Waals surface area contributed by atoms with E-state index in [0.717, 1.165) is 37.8 Å². The van der Waals surface area contributed by atoms with Gasteiger partial charge in [0.1, 0.15) is 17.7 Å². The van der Waals surface area contributed by atoms with Gasteiger partial charge in [-0.25, -0.2) is 9.97 Å². The molecule has 2 amide bonds. The SMILES string of the molecule is CC(=O)N[C@@H]1C[C@H](NC(C)(C)C)CC[C@@H]1N1CC[C@H](Nc2nc(CCCCN)nc3ccc(C(F)(F)F)cc23)C1=O. The van der Waals surface area contributed by atoms with Crippen LogP contribution in [0.2, 0.25) is 0 Å². The number of nitrogens with zero attached hydrogens (tertiary/aromatic N) is 3. The molecule has 2 heterocycles. The molecule has 1 aromatic carbocycles. The van der Waals surface area contributed by atoms with Crippen LogP contribution in [0.5, 0.6) is 0 Å². The lowest BCUT2D eigenvalue weighted by Crippen LogP contribution is -2.59. The molecule has 0 radical (unpaired) electrons. The summed E-state index contributed by atoms with van der Waals surface area (Å²) in [6, 6.07) is 2.59. The second kappa shape index (κ2) is 12.5. The maximum atomic E-state index is 13.7. The van der Waals surface area contributed by atoms with Crippen LogP contribution in [0.3, 0.4) is 0 Å². The first kappa shape index (κ1) is 31.0. The average molecular weight is 578 g/mol. The van der Waals surface area contributed by atoms with Gasteiger partial charge < -0.3 is 26.6 Å². The minimum absolute atomic E-state index is 0.0772. The molecule has 0 spiro atoms. The summed E-state index contributed by atoms with van der Waals surface area (Å²) in [6.45, 7) is 8.79. The van der Waals surface area contributed by atoms with Crippen molar-refractivity contribution >= 4 is 28.5 Å². The Morgan fingerprint density at radius 1 is 1.12 bits per heavy atom. The third-order valence-corrected chi connectivity index (χ3v) is 7.71. The van der Waals surface area contributed by atoms with E-state index in [0.29, 0.717) is 43.7 Å². The molecule has 0 bridgehead atoms. The average Bonchev–Trinajstić information content (AvgIpc) is 3.22. The molecule has 1 aliphatic carbocycles. The molecule has 4 atom stereocenters. The summed E-state index contributed by atoms with van der Waals surface area (Å²) in [6.07, 6.45) is 0.288. The molecule has 2 aromatic rings. The highest BCUT2D eigenvalue weighted by Gasteiger charge is 2.43. The highest BCUT2D eigenvalue weighted by molar-refractivity contribution is 5.93. The third kappa shape index (κ3) is 7.85. The number of aryl methyl sites for hydroxylation is 1. The molecule has 12 heteroatoms. The van der Waals surface area contributed by atoms with Crippen LogP contribution in [0.1, 0.15) is 77.6 Å². The van der Waals surface area contributed by atoms with Crippen LogP contribution in [0, 0.1) is 0 Å². The third-order valence-electron chi connectivity index (χ3n) is 7.71. The summed E-state index contributed by atoms with van der Waals surface area (Å²) in [5, 5.41) is 10.1. The summed E-state index contributed by atoms with van der Waals surface area (Å²) >= 11 is 0. The maximum absolute atomic E-state index is 13.7. The number of benzene rings is 1. The molecule has 2 fully saturated rings. The van der Waals surface area contributed by atoms with Crippen molar-refractivity contribution in [1.29, 1.82) is 0 Å². The van der Waals surface area contributed by atoms with Gasteiger partial charge in [-0.05, 0) is 84.0 Å². The fraction of sp³-hybridized carbons (Fsp3) is 0.655. The van der Waals surface area contributed by atoms with Crippen molar-refractivity contribution in [3.05, 3.63) is 29.6 Å². The topological polar surface area (TPSA) is 125 Å². The largest absolute Gasteiger partial charge is 0.416 e. The predicted molar refractivity (Wildman–Crippen MR) is 152 cm³/mol.